The lowest BCUT2D eigenvalue weighted by atomic mass is 10.1. The zero-order valence-corrected chi connectivity index (χ0v) is 17.7. The number of carboxylic acid groups (broad SMARTS) is 1. The van der Waals surface area contributed by atoms with Crippen LogP contribution in [0.5, 0.6) is 0 Å². The van der Waals surface area contributed by atoms with Crippen LogP contribution >= 0.6 is 15.9 Å². The molecular weight excluding hydrogens is 448 g/mol. The second kappa shape index (κ2) is 7.75. The first-order chi connectivity index (χ1) is 14.4. The second-order valence-corrected chi connectivity index (χ2v) is 7.60. The molecule has 0 saturated heterocycles. The fraction of sp³-hybridized carbons (Fsp3) is 0.143. The lowest BCUT2D eigenvalue weighted by Gasteiger charge is -2.23. The molecule has 152 valence electrons. The molecule has 8 nitrogen and oxygen atoms in total. The van der Waals surface area contributed by atoms with Crippen LogP contribution in [0, 0.1) is 0 Å². The highest BCUT2D eigenvalue weighted by molar-refractivity contribution is 9.10. The number of hydrogen-bond donors (Lipinski definition) is 2. The van der Waals surface area contributed by atoms with Crippen LogP contribution in [0.4, 0.5) is 10.6 Å². The van der Waals surface area contributed by atoms with Crippen molar-refractivity contribution in [2.45, 2.75) is 12.6 Å². The number of anilines is 1. The van der Waals surface area contributed by atoms with Gasteiger partial charge in [0.15, 0.2) is 0 Å². The van der Waals surface area contributed by atoms with Crippen LogP contribution in [-0.2, 0) is 6.54 Å². The molecule has 3 heterocycles. The quantitative estimate of drug-likeness (QED) is 0.427. The number of carbonyl (C=O) groups is 1. The van der Waals surface area contributed by atoms with Gasteiger partial charge in [-0.2, -0.15) is 0 Å². The summed E-state index contributed by atoms with van der Waals surface area (Å²) >= 11 is 3.69. The normalized spacial score (nSPS) is 12.2. The van der Waals surface area contributed by atoms with Gasteiger partial charge in [-0.3, -0.25) is 4.98 Å². The van der Waals surface area contributed by atoms with Gasteiger partial charge in [0.2, 0.25) is 0 Å². The highest BCUT2D eigenvalue weighted by Gasteiger charge is 2.24. The van der Waals surface area contributed by atoms with Gasteiger partial charge in [0.05, 0.1) is 21.5 Å². The largest absolute Gasteiger partial charge is 0.465 e. The van der Waals surface area contributed by atoms with E-state index in [-0.39, 0.29) is 0 Å². The van der Waals surface area contributed by atoms with Gasteiger partial charge in [0.25, 0.3) is 0 Å². The van der Waals surface area contributed by atoms with E-state index in [0.29, 0.717) is 28.0 Å². The predicted molar refractivity (Wildman–Crippen MR) is 120 cm³/mol. The average molecular weight is 467 g/mol. The maximum atomic E-state index is 11.4. The molecule has 3 N–H and O–H groups in total. The molecule has 4 rings (SSSR count). The Kier molecular flexibility index (Phi) is 5.13. The molecule has 0 saturated carbocycles. The maximum Gasteiger partial charge on any atom is 0.407 e. The minimum atomic E-state index is -1.04. The summed E-state index contributed by atoms with van der Waals surface area (Å²) in [5.41, 5.74) is 9.38. The van der Waals surface area contributed by atoms with Gasteiger partial charge in [-0.15, -0.1) is 6.58 Å². The van der Waals surface area contributed by atoms with Gasteiger partial charge < -0.3 is 20.3 Å². The van der Waals surface area contributed by atoms with E-state index in [4.69, 9.17) is 5.73 Å². The van der Waals surface area contributed by atoms with Gasteiger partial charge in [-0.05, 0) is 28.1 Å². The summed E-state index contributed by atoms with van der Waals surface area (Å²) in [6, 6.07) is 9.41. The number of fused-ring (bicyclic) bond motifs is 2. The van der Waals surface area contributed by atoms with Gasteiger partial charge in [-0.1, -0.05) is 24.3 Å². The zero-order chi connectivity index (χ0) is 21.4. The summed E-state index contributed by atoms with van der Waals surface area (Å²) in [4.78, 5) is 25.8. The van der Waals surface area contributed by atoms with Crippen molar-refractivity contribution in [2.24, 2.45) is 0 Å². The van der Waals surface area contributed by atoms with Crippen molar-refractivity contribution < 1.29 is 9.90 Å². The monoisotopic (exact) mass is 466 g/mol. The Balaban J connectivity index is 1.93. The molecule has 1 amide bonds. The summed E-state index contributed by atoms with van der Waals surface area (Å²) < 4.78 is 2.59. The maximum absolute atomic E-state index is 11.4. The number of halogens is 1. The fourth-order valence-electron chi connectivity index (χ4n) is 3.49. The Hall–Kier alpha value is -3.46. The van der Waals surface area contributed by atoms with Crippen LogP contribution in [0.15, 0.2) is 60.1 Å². The minimum Gasteiger partial charge on any atom is -0.465 e. The van der Waals surface area contributed by atoms with Crippen LogP contribution in [0.2, 0.25) is 0 Å². The molecule has 1 atom stereocenters. The first kappa shape index (κ1) is 19.8. The molecule has 0 aliphatic carbocycles. The molecular formula is C21H19BrN6O2. The predicted octanol–water partition coefficient (Wildman–Crippen LogP) is 4.16. The van der Waals surface area contributed by atoms with Crippen molar-refractivity contribution in [3.8, 4) is 11.1 Å². The molecule has 0 aliphatic rings. The Morgan fingerprint density at radius 2 is 2.13 bits per heavy atom. The van der Waals surface area contributed by atoms with Gasteiger partial charge in [0.1, 0.15) is 17.8 Å². The van der Waals surface area contributed by atoms with Gasteiger partial charge >= 0.3 is 6.09 Å². The van der Waals surface area contributed by atoms with E-state index in [2.05, 4.69) is 37.5 Å². The number of amides is 1. The molecule has 30 heavy (non-hydrogen) atoms. The SMILES string of the molecule is C=CC(Cn1c(Br)c(-c2cnc3ccccc3c2)c2c(N)ncnc21)N(C)C(=O)O. The molecule has 9 heteroatoms. The number of likely N-dealkylation sites (N-methyl/N-ethyl adjacent to an activating group) is 1. The number of rotatable bonds is 5. The topological polar surface area (TPSA) is 110 Å². The van der Waals surface area contributed by atoms with Crippen molar-refractivity contribution in [3.05, 3.63) is 60.1 Å². The number of aromatic nitrogens is 4. The molecule has 4 aromatic rings. The lowest BCUT2D eigenvalue weighted by Crippen LogP contribution is -2.37. The van der Waals surface area contributed by atoms with E-state index in [1.807, 2.05) is 34.9 Å². The van der Waals surface area contributed by atoms with Crippen LogP contribution < -0.4 is 5.73 Å². The Labute approximate surface area is 180 Å². The van der Waals surface area contributed by atoms with Crippen LogP contribution in [-0.4, -0.2) is 48.7 Å². The van der Waals surface area contributed by atoms with Crippen LogP contribution in [0.3, 0.4) is 0 Å². The Morgan fingerprint density at radius 3 is 2.87 bits per heavy atom. The van der Waals surface area contributed by atoms with Crippen molar-refractivity contribution in [1.82, 2.24) is 24.4 Å². The van der Waals surface area contributed by atoms with E-state index >= 15 is 0 Å². The molecule has 1 aromatic carbocycles. The van der Waals surface area contributed by atoms with Crippen molar-refractivity contribution in [2.75, 3.05) is 12.8 Å². The number of nitrogens with zero attached hydrogens (tertiary/aromatic N) is 5. The number of pyridine rings is 1. The van der Waals surface area contributed by atoms with Crippen molar-refractivity contribution >= 4 is 49.8 Å². The molecule has 0 fully saturated rings. The van der Waals surface area contributed by atoms with Crippen LogP contribution in [0.1, 0.15) is 0 Å². The van der Waals surface area contributed by atoms with Crippen LogP contribution in [0.25, 0.3) is 33.1 Å². The van der Waals surface area contributed by atoms with Gasteiger partial charge in [0, 0.05) is 36.3 Å². The fourth-order valence-corrected chi connectivity index (χ4v) is 4.23. The molecule has 3 aromatic heterocycles. The lowest BCUT2D eigenvalue weighted by molar-refractivity contribution is 0.143. The molecule has 0 spiro atoms. The van der Waals surface area contributed by atoms with Crippen molar-refractivity contribution in [1.29, 1.82) is 0 Å². The summed E-state index contributed by atoms with van der Waals surface area (Å²) in [7, 11) is 1.51. The van der Waals surface area contributed by atoms with E-state index in [0.717, 1.165) is 22.0 Å². The third-order valence-corrected chi connectivity index (χ3v) is 5.95. The average Bonchev–Trinajstić information content (AvgIpc) is 3.03. The third kappa shape index (κ3) is 3.26. The first-order valence-corrected chi connectivity index (χ1v) is 9.93. The third-order valence-electron chi connectivity index (χ3n) is 5.13. The first-order valence-electron chi connectivity index (χ1n) is 9.14. The molecule has 1 unspecified atom stereocenters. The summed E-state index contributed by atoms with van der Waals surface area (Å²) in [5, 5.41) is 11.1. The zero-order valence-electron chi connectivity index (χ0n) is 16.2. The minimum absolute atomic E-state index is 0.306. The highest BCUT2D eigenvalue weighted by atomic mass is 79.9. The number of hydrogen-bond acceptors (Lipinski definition) is 5. The van der Waals surface area contributed by atoms with E-state index < -0.39 is 12.1 Å². The Bertz CT molecular complexity index is 1290. The molecule has 0 bridgehead atoms. The Morgan fingerprint density at radius 1 is 1.37 bits per heavy atom. The molecule has 0 radical (unpaired) electrons. The number of para-hydroxylation sites is 1. The molecule has 0 aliphatic heterocycles. The summed E-state index contributed by atoms with van der Waals surface area (Å²) in [6.45, 7) is 4.09. The number of benzene rings is 1. The summed E-state index contributed by atoms with van der Waals surface area (Å²) in [5.74, 6) is 0.337. The van der Waals surface area contributed by atoms with E-state index in [1.54, 1.807) is 12.3 Å². The number of nitrogen functional groups attached to an aromatic ring is 1. The van der Waals surface area contributed by atoms with Gasteiger partial charge in [-0.25, -0.2) is 14.8 Å². The van der Waals surface area contributed by atoms with E-state index in [1.165, 1.54) is 18.3 Å². The summed E-state index contributed by atoms with van der Waals surface area (Å²) in [6.07, 6.45) is 3.73. The standard InChI is InChI=1S/C21H19BrN6O2/c1-3-14(27(2)21(29)30)10-28-18(22)16(17-19(23)25-11-26-20(17)28)13-8-12-6-4-5-7-15(12)24-9-13/h3-9,11,14H,1,10H2,2H3,(H,29,30)(H2,23,25,26). The smallest absolute Gasteiger partial charge is 0.407 e. The van der Waals surface area contributed by atoms with E-state index in [9.17, 15) is 9.90 Å². The van der Waals surface area contributed by atoms with Crippen molar-refractivity contribution in [3.63, 3.8) is 0 Å². The number of nitrogens with two attached hydrogens (primary N) is 1. The second-order valence-electron chi connectivity index (χ2n) is 6.85. The highest BCUT2D eigenvalue weighted by Crippen LogP contribution is 2.40.